The van der Waals surface area contributed by atoms with Crippen molar-refractivity contribution < 1.29 is 4.79 Å². The normalized spacial score (nSPS) is 11.8. The van der Waals surface area contributed by atoms with Gasteiger partial charge in [-0.25, -0.2) is 0 Å². The van der Waals surface area contributed by atoms with E-state index in [-0.39, 0.29) is 5.78 Å². The van der Waals surface area contributed by atoms with Gasteiger partial charge in [-0.15, -0.1) is 0 Å². The highest BCUT2D eigenvalue weighted by molar-refractivity contribution is 5.95. The summed E-state index contributed by atoms with van der Waals surface area (Å²) in [7, 11) is 0. The molecule has 0 N–H and O–H groups in total. The number of benzene rings is 3. The van der Waals surface area contributed by atoms with Crippen LogP contribution in [0.5, 0.6) is 0 Å². The quantitative estimate of drug-likeness (QED) is 0.408. The molecule has 0 saturated heterocycles. The van der Waals surface area contributed by atoms with Crippen LogP contribution in [0.3, 0.4) is 0 Å². The van der Waals surface area contributed by atoms with Crippen LogP contribution in [0, 0.1) is 0 Å². The molecule has 0 saturated carbocycles. The molecule has 132 valence electrons. The molecule has 1 atom stereocenters. The van der Waals surface area contributed by atoms with Gasteiger partial charge in [0.1, 0.15) is 0 Å². The van der Waals surface area contributed by atoms with Crippen molar-refractivity contribution in [1.82, 2.24) is 0 Å². The van der Waals surface area contributed by atoms with Crippen molar-refractivity contribution in [2.24, 2.45) is 0 Å². The van der Waals surface area contributed by atoms with Gasteiger partial charge in [-0.1, -0.05) is 91.0 Å². The maximum atomic E-state index is 12.3. The number of hydrogen-bond acceptors (Lipinski definition) is 1. The minimum Gasteiger partial charge on any atom is -0.294 e. The van der Waals surface area contributed by atoms with E-state index < -0.39 is 0 Å². The zero-order valence-corrected chi connectivity index (χ0v) is 15.2. The number of rotatable bonds is 9. The fraction of sp³-hybridized carbons (Fsp3) is 0.240. The van der Waals surface area contributed by atoms with E-state index in [0.717, 1.165) is 31.2 Å². The lowest BCUT2D eigenvalue weighted by Crippen LogP contribution is -2.04. The van der Waals surface area contributed by atoms with E-state index in [2.05, 4.69) is 60.7 Å². The summed E-state index contributed by atoms with van der Waals surface area (Å²) in [5.74, 6) is 0.750. The molecule has 3 aromatic carbocycles. The molecule has 0 aliphatic carbocycles. The van der Waals surface area contributed by atoms with Gasteiger partial charge in [0.25, 0.3) is 0 Å². The largest absolute Gasteiger partial charge is 0.294 e. The molecule has 1 unspecified atom stereocenters. The third-order valence-electron chi connectivity index (χ3n) is 4.95. The Kier molecular flexibility index (Phi) is 6.78. The summed E-state index contributed by atoms with van der Waals surface area (Å²) in [5, 5.41) is 0. The van der Waals surface area contributed by atoms with Gasteiger partial charge in [0, 0.05) is 12.0 Å². The average Bonchev–Trinajstić information content (AvgIpc) is 2.72. The van der Waals surface area contributed by atoms with Gasteiger partial charge >= 0.3 is 0 Å². The van der Waals surface area contributed by atoms with Crippen LogP contribution in [-0.2, 0) is 6.42 Å². The molecule has 3 aromatic rings. The van der Waals surface area contributed by atoms with Crippen molar-refractivity contribution in [3.05, 3.63) is 108 Å². The molecular weight excluding hydrogens is 316 g/mol. The summed E-state index contributed by atoms with van der Waals surface area (Å²) in [6.07, 6.45) is 4.80. The number of Topliss-reactive ketones (excluding diaryl/α,β-unsaturated/α-hetero) is 1. The maximum Gasteiger partial charge on any atom is 0.162 e. The third kappa shape index (κ3) is 5.42. The predicted molar refractivity (Wildman–Crippen MR) is 109 cm³/mol. The first-order valence-corrected chi connectivity index (χ1v) is 9.50. The van der Waals surface area contributed by atoms with Crippen LogP contribution in [0.15, 0.2) is 91.0 Å². The first-order valence-electron chi connectivity index (χ1n) is 9.50. The fourth-order valence-electron chi connectivity index (χ4n) is 3.47. The van der Waals surface area contributed by atoms with Crippen LogP contribution < -0.4 is 0 Å². The van der Waals surface area contributed by atoms with Gasteiger partial charge < -0.3 is 0 Å². The number of ketones is 1. The Morgan fingerprint density at radius 3 is 1.92 bits per heavy atom. The molecule has 0 bridgehead atoms. The second-order valence-electron chi connectivity index (χ2n) is 6.81. The Hall–Kier alpha value is -2.67. The molecule has 1 nitrogen and oxygen atoms in total. The Morgan fingerprint density at radius 2 is 1.27 bits per heavy atom. The van der Waals surface area contributed by atoms with Crippen LogP contribution in [-0.4, -0.2) is 5.78 Å². The summed E-state index contributed by atoms with van der Waals surface area (Å²) < 4.78 is 0. The smallest absolute Gasteiger partial charge is 0.162 e. The average molecular weight is 342 g/mol. The first-order chi connectivity index (χ1) is 12.8. The Bertz CT molecular complexity index is 778. The van der Waals surface area contributed by atoms with Crippen LogP contribution >= 0.6 is 0 Å². The van der Waals surface area contributed by atoms with Crippen molar-refractivity contribution in [3.8, 4) is 0 Å². The fourth-order valence-corrected chi connectivity index (χ4v) is 3.47. The van der Waals surface area contributed by atoms with E-state index in [0.29, 0.717) is 12.3 Å². The van der Waals surface area contributed by atoms with Gasteiger partial charge in [0.2, 0.25) is 0 Å². The Morgan fingerprint density at radius 1 is 0.692 bits per heavy atom. The first kappa shape index (κ1) is 18.1. The molecule has 0 radical (unpaired) electrons. The molecule has 0 aliphatic heterocycles. The number of aryl methyl sites for hydroxylation is 1. The highest BCUT2D eigenvalue weighted by atomic mass is 16.1. The van der Waals surface area contributed by atoms with E-state index in [1.807, 2.05) is 30.3 Å². The molecule has 0 aliphatic rings. The molecule has 0 heterocycles. The zero-order chi connectivity index (χ0) is 18.0. The molecule has 3 rings (SSSR count). The summed E-state index contributed by atoms with van der Waals surface area (Å²) in [4.78, 5) is 12.3. The standard InChI is InChI=1S/C25H26O/c26-25(24-15-8-3-9-16-24)18-10-17-23(22-13-6-2-7-14-22)20-19-21-11-4-1-5-12-21/h1-9,11-16,23H,10,17-20H2. The van der Waals surface area contributed by atoms with E-state index >= 15 is 0 Å². The van der Waals surface area contributed by atoms with E-state index in [9.17, 15) is 4.79 Å². The second-order valence-corrected chi connectivity index (χ2v) is 6.81. The Balaban J connectivity index is 1.58. The minimum atomic E-state index is 0.250. The van der Waals surface area contributed by atoms with Gasteiger partial charge in [-0.3, -0.25) is 4.79 Å². The molecule has 0 fully saturated rings. The minimum absolute atomic E-state index is 0.250. The maximum absolute atomic E-state index is 12.3. The SMILES string of the molecule is O=C(CCCC(CCc1ccccc1)c1ccccc1)c1ccccc1. The van der Waals surface area contributed by atoms with Gasteiger partial charge in [-0.05, 0) is 42.7 Å². The Labute approximate surface area is 156 Å². The second kappa shape index (κ2) is 9.72. The monoisotopic (exact) mass is 342 g/mol. The lowest BCUT2D eigenvalue weighted by atomic mass is 9.87. The van der Waals surface area contributed by atoms with Crippen LogP contribution in [0.25, 0.3) is 0 Å². The van der Waals surface area contributed by atoms with Crippen molar-refractivity contribution in [2.75, 3.05) is 0 Å². The van der Waals surface area contributed by atoms with Gasteiger partial charge in [0.15, 0.2) is 5.78 Å². The summed E-state index contributed by atoms with van der Waals surface area (Å²) >= 11 is 0. The molecule has 26 heavy (non-hydrogen) atoms. The summed E-state index contributed by atoms with van der Waals surface area (Å²) in [6.45, 7) is 0. The van der Waals surface area contributed by atoms with Crippen molar-refractivity contribution in [1.29, 1.82) is 0 Å². The molecule has 1 heteroatoms. The van der Waals surface area contributed by atoms with Crippen molar-refractivity contribution in [2.45, 2.75) is 38.0 Å². The molecular formula is C25H26O. The highest BCUT2D eigenvalue weighted by Crippen LogP contribution is 2.27. The highest BCUT2D eigenvalue weighted by Gasteiger charge is 2.13. The van der Waals surface area contributed by atoms with E-state index in [4.69, 9.17) is 0 Å². The van der Waals surface area contributed by atoms with Crippen molar-refractivity contribution >= 4 is 5.78 Å². The van der Waals surface area contributed by atoms with Crippen LogP contribution in [0.1, 0.15) is 53.1 Å². The van der Waals surface area contributed by atoms with E-state index in [1.165, 1.54) is 11.1 Å². The predicted octanol–water partition coefficient (Wildman–Crippen LogP) is 6.46. The molecule has 0 amide bonds. The van der Waals surface area contributed by atoms with E-state index in [1.54, 1.807) is 0 Å². The molecule has 0 aromatic heterocycles. The lowest BCUT2D eigenvalue weighted by molar-refractivity contribution is 0.0978. The number of hydrogen-bond donors (Lipinski definition) is 0. The number of carbonyl (C=O) groups is 1. The third-order valence-corrected chi connectivity index (χ3v) is 4.95. The topological polar surface area (TPSA) is 17.1 Å². The van der Waals surface area contributed by atoms with Gasteiger partial charge in [0.05, 0.1) is 0 Å². The van der Waals surface area contributed by atoms with Crippen molar-refractivity contribution in [3.63, 3.8) is 0 Å². The van der Waals surface area contributed by atoms with Gasteiger partial charge in [-0.2, -0.15) is 0 Å². The number of carbonyl (C=O) groups excluding carboxylic acids is 1. The zero-order valence-electron chi connectivity index (χ0n) is 15.2. The molecule has 0 spiro atoms. The van der Waals surface area contributed by atoms with Crippen LogP contribution in [0.4, 0.5) is 0 Å². The van der Waals surface area contributed by atoms with Crippen LogP contribution in [0.2, 0.25) is 0 Å². The summed E-state index contributed by atoms with van der Waals surface area (Å²) in [5.41, 5.74) is 3.59. The summed E-state index contributed by atoms with van der Waals surface area (Å²) in [6, 6.07) is 31.0. The lowest BCUT2D eigenvalue weighted by Gasteiger charge is -2.17.